The Kier molecular flexibility index (Phi) is 2.99. The van der Waals surface area contributed by atoms with Gasteiger partial charge in [0, 0.05) is 6.42 Å². The van der Waals surface area contributed by atoms with Crippen molar-refractivity contribution in [2.45, 2.75) is 45.3 Å². The van der Waals surface area contributed by atoms with Crippen LogP contribution in [0.15, 0.2) is 12.3 Å². The number of nitrogens with one attached hydrogen (secondary N) is 1. The number of hydrogen-bond acceptors (Lipinski definition) is 4. The van der Waals surface area contributed by atoms with E-state index in [1.165, 1.54) is 0 Å². The van der Waals surface area contributed by atoms with E-state index >= 15 is 0 Å². The molecule has 0 aromatic rings. The van der Waals surface area contributed by atoms with Gasteiger partial charge in [-0.25, -0.2) is 9.59 Å². The van der Waals surface area contributed by atoms with E-state index in [2.05, 4.69) is 11.9 Å². The molecule has 1 fully saturated rings. The third-order valence-electron chi connectivity index (χ3n) is 2.02. The molecule has 1 aliphatic rings. The monoisotopic (exact) mass is 227 g/mol. The number of cyclic esters (lactones) is 1. The highest BCUT2D eigenvalue weighted by Crippen LogP contribution is 2.27. The van der Waals surface area contributed by atoms with Crippen LogP contribution in [0.25, 0.3) is 0 Å². The van der Waals surface area contributed by atoms with Crippen molar-refractivity contribution >= 4 is 12.1 Å². The van der Waals surface area contributed by atoms with Crippen molar-refractivity contribution in [2.75, 3.05) is 0 Å². The third kappa shape index (κ3) is 2.98. The number of hydrogen-bond donors (Lipinski definition) is 1. The lowest BCUT2D eigenvalue weighted by Crippen LogP contribution is -2.50. The van der Waals surface area contributed by atoms with Gasteiger partial charge in [0.15, 0.2) is 0 Å². The van der Waals surface area contributed by atoms with Crippen LogP contribution >= 0.6 is 0 Å². The van der Waals surface area contributed by atoms with Crippen LogP contribution < -0.4 is 5.32 Å². The van der Waals surface area contributed by atoms with E-state index in [1.807, 2.05) is 0 Å². The number of carbonyl (C=O) groups excluding carboxylic acids is 2. The van der Waals surface area contributed by atoms with Crippen LogP contribution in [-0.4, -0.2) is 23.2 Å². The molecule has 1 N–H and O–H groups in total. The van der Waals surface area contributed by atoms with Crippen molar-refractivity contribution in [3.63, 3.8) is 0 Å². The van der Waals surface area contributed by atoms with Gasteiger partial charge in [-0.2, -0.15) is 0 Å². The number of ether oxygens (including phenoxy) is 2. The first-order valence-electron chi connectivity index (χ1n) is 5.04. The molecule has 0 saturated carbocycles. The molecule has 5 heteroatoms. The Labute approximate surface area is 94.8 Å². The van der Waals surface area contributed by atoms with Gasteiger partial charge in [-0.3, -0.25) is 0 Å². The molecule has 1 rings (SSSR count). The maximum absolute atomic E-state index is 11.5. The molecule has 1 heterocycles. The first kappa shape index (κ1) is 12.5. The molecule has 0 aromatic heterocycles. The van der Waals surface area contributed by atoms with Crippen molar-refractivity contribution in [1.82, 2.24) is 5.32 Å². The lowest BCUT2D eigenvalue weighted by atomic mass is 10.0. The molecule has 0 radical (unpaired) electrons. The Hall–Kier alpha value is -1.52. The molecule has 1 aliphatic heterocycles. The van der Waals surface area contributed by atoms with Gasteiger partial charge in [0.05, 0.1) is 0 Å². The SMILES string of the molecule is C=C1C[C@](C)(NC(=O)OC(C)(C)C)C(=O)O1. The van der Waals surface area contributed by atoms with Crippen LogP contribution in [0, 0.1) is 0 Å². The van der Waals surface area contributed by atoms with E-state index in [0.29, 0.717) is 5.76 Å². The fourth-order valence-corrected chi connectivity index (χ4v) is 1.37. The summed E-state index contributed by atoms with van der Waals surface area (Å²) in [5, 5.41) is 2.50. The fraction of sp³-hybridized carbons (Fsp3) is 0.636. The van der Waals surface area contributed by atoms with Crippen LogP contribution in [0.4, 0.5) is 4.79 Å². The molecule has 16 heavy (non-hydrogen) atoms. The van der Waals surface area contributed by atoms with Gasteiger partial charge in [-0.05, 0) is 27.7 Å². The molecular formula is C11H17NO4. The fourth-order valence-electron chi connectivity index (χ4n) is 1.37. The van der Waals surface area contributed by atoms with E-state index in [0.717, 1.165) is 0 Å². The maximum Gasteiger partial charge on any atom is 0.408 e. The van der Waals surface area contributed by atoms with Crippen molar-refractivity contribution in [1.29, 1.82) is 0 Å². The zero-order valence-corrected chi connectivity index (χ0v) is 10.0. The average Bonchev–Trinajstić information content (AvgIpc) is 2.19. The number of amides is 1. The minimum absolute atomic E-state index is 0.269. The van der Waals surface area contributed by atoms with Crippen molar-refractivity contribution < 1.29 is 19.1 Å². The Balaban J connectivity index is 2.64. The summed E-state index contributed by atoms with van der Waals surface area (Å²) in [5.41, 5.74) is -1.67. The van der Waals surface area contributed by atoms with Gasteiger partial charge in [-0.1, -0.05) is 6.58 Å². The zero-order valence-electron chi connectivity index (χ0n) is 10.0. The van der Waals surface area contributed by atoms with Crippen LogP contribution in [0.2, 0.25) is 0 Å². The summed E-state index contributed by atoms with van der Waals surface area (Å²) in [5.74, 6) is -0.160. The zero-order chi connectivity index (χ0) is 12.6. The molecule has 0 aliphatic carbocycles. The summed E-state index contributed by atoms with van der Waals surface area (Å²) in [6, 6.07) is 0. The second kappa shape index (κ2) is 3.81. The van der Waals surface area contributed by atoms with E-state index in [4.69, 9.17) is 9.47 Å². The molecule has 90 valence electrons. The quantitative estimate of drug-likeness (QED) is 0.693. The predicted molar refractivity (Wildman–Crippen MR) is 57.6 cm³/mol. The van der Waals surface area contributed by atoms with Crippen LogP contribution in [0.3, 0.4) is 0 Å². The molecule has 0 spiro atoms. The van der Waals surface area contributed by atoms with Crippen LogP contribution in [-0.2, 0) is 14.3 Å². The average molecular weight is 227 g/mol. The van der Waals surface area contributed by atoms with E-state index in [-0.39, 0.29) is 6.42 Å². The highest BCUT2D eigenvalue weighted by atomic mass is 16.6. The Morgan fingerprint density at radius 2 is 2.12 bits per heavy atom. The number of esters is 1. The van der Waals surface area contributed by atoms with E-state index in [1.54, 1.807) is 27.7 Å². The number of carbonyl (C=O) groups is 2. The Bertz CT molecular complexity index is 342. The lowest BCUT2D eigenvalue weighted by Gasteiger charge is -2.24. The van der Waals surface area contributed by atoms with Gasteiger partial charge in [0.2, 0.25) is 0 Å². The van der Waals surface area contributed by atoms with Gasteiger partial charge in [-0.15, -0.1) is 0 Å². The highest BCUT2D eigenvalue weighted by molar-refractivity contribution is 5.88. The molecule has 0 unspecified atom stereocenters. The van der Waals surface area contributed by atoms with Gasteiger partial charge in [0.1, 0.15) is 16.9 Å². The molecule has 0 aromatic carbocycles. The smallest absolute Gasteiger partial charge is 0.408 e. The van der Waals surface area contributed by atoms with Crippen molar-refractivity contribution in [2.24, 2.45) is 0 Å². The summed E-state index contributed by atoms with van der Waals surface area (Å²) < 4.78 is 9.87. The summed E-state index contributed by atoms with van der Waals surface area (Å²) in [6.45, 7) is 10.4. The molecule has 1 saturated heterocycles. The molecule has 1 atom stereocenters. The largest absolute Gasteiger partial charge is 0.444 e. The van der Waals surface area contributed by atoms with Crippen molar-refractivity contribution in [3.05, 3.63) is 12.3 Å². The molecular weight excluding hydrogens is 210 g/mol. The minimum Gasteiger partial charge on any atom is -0.444 e. The Morgan fingerprint density at radius 3 is 2.50 bits per heavy atom. The number of rotatable bonds is 1. The summed E-state index contributed by atoms with van der Waals surface area (Å²) in [6.07, 6.45) is -0.368. The second-order valence-electron chi connectivity index (χ2n) is 5.06. The standard InChI is InChI=1S/C11H17NO4/c1-7-6-11(5,8(13)15-7)12-9(14)16-10(2,3)4/h1,6H2,2-5H3,(H,12,14)/t11-/m0/s1. The van der Waals surface area contributed by atoms with Gasteiger partial charge < -0.3 is 14.8 Å². The van der Waals surface area contributed by atoms with E-state index < -0.39 is 23.2 Å². The molecule has 1 amide bonds. The normalized spacial score (nSPS) is 25.2. The first-order chi connectivity index (χ1) is 7.12. The first-order valence-corrected chi connectivity index (χ1v) is 5.04. The summed E-state index contributed by atoms with van der Waals surface area (Å²) in [7, 11) is 0. The van der Waals surface area contributed by atoms with Gasteiger partial charge in [0.25, 0.3) is 0 Å². The topological polar surface area (TPSA) is 64.6 Å². The molecule has 0 bridgehead atoms. The van der Waals surface area contributed by atoms with E-state index in [9.17, 15) is 9.59 Å². The van der Waals surface area contributed by atoms with Gasteiger partial charge >= 0.3 is 12.1 Å². The minimum atomic E-state index is -1.07. The third-order valence-corrected chi connectivity index (χ3v) is 2.02. The summed E-state index contributed by atoms with van der Waals surface area (Å²) >= 11 is 0. The number of alkyl carbamates (subject to hydrolysis) is 1. The molecule has 5 nitrogen and oxygen atoms in total. The highest BCUT2D eigenvalue weighted by Gasteiger charge is 2.44. The Morgan fingerprint density at radius 1 is 1.56 bits per heavy atom. The lowest BCUT2D eigenvalue weighted by molar-refractivity contribution is -0.140. The van der Waals surface area contributed by atoms with Crippen LogP contribution in [0.5, 0.6) is 0 Å². The predicted octanol–water partition coefficient (Wildman–Crippen LogP) is 1.73. The van der Waals surface area contributed by atoms with Crippen LogP contribution in [0.1, 0.15) is 34.1 Å². The second-order valence-corrected chi connectivity index (χ2v) is 5.06. The summed E-state index contributed by atoms with van der Waals surface area (Å²) in [4.78, 5) is 23.0. The van der Waals surface area contributed by atoms with Crippen molar-refractivity contribution in [3.8, 4) is 0 Å². The maximum atomic E-state index is 11.5.